The first-order valence-corrected chi connectivity index (χ1v) is 10.3. The summed E-state index contributed by atoms with van der Waals surface area (Å²) in [5.74, 6) is -0.556. The van der Waals surface area contributed by atoms with Gasteiger partial charge in [0.25, 0.3) is 5.91 Å². The van der Waals surface area contributed by atoms with Gasteiger partial charge in [0.2, 0.25) is 0 Å². The number of aliphatic hydroxyl groups excluding tert-OH is 1. The molecule has 0 aliphatic carbocycles. The number of carbonyl (C=O) groups excluding carboxylic acids is 2. The monoisotopic (exact) mass is 428 g/mol. The van der Waals surface area contributed by atoms with Crippen molar-refractivity contribution in [2.24, 2.45) is 0 Å². The number of esters is 1. The maximum Gasteiger partial charge on any atom is 0.341 e. The summed E-state index contributed by atoms with van der Waals surface area (Å²) in [6, 6.07) is 12.0. The molecule has 0 radical (unpaired) electrons. The third kappa shape index (κ3) is 7.70. The summed E-state index contributed by atoms with van der Waals surface area (Å²) < 4.78 is 10.8. The lowest BCUT2D eigenvalue weighted by molar-refractivity contribution is 0.0515. The van der Waals surface area contributed by atoms with Crippen molar-refractivity contribution in [3.63, 3.8) is 0 Å². The lowest BCUT2D eigenvalue weighted by Gasteiger charge is -2.23. The molecule has 1 atom stereocenters. The van der Waals surface area contributed by atoms with E-state index in [1.54, 1.807) is 31.2 Å². The van der Waals surface area contributed by atoms with Crippen LogP contribution in [0.5, 0.6) is 5.75 Å². The lowest BCUT2D eigenvalue weighted by atomic mass is 10.1. The van der Waals surface area contributed by atoms with E-state index < -0.39 is 12.1 Å². The van der Waals surface area contributed by atoms with Crippen molar-refractivity contribution in [2.45, 2.75) is 46.3 Å². The van der Waals surface area contributed by atoms with E-state index in [9.17, 15) is 14.7 Å². The predicted octanol–water partition coefficient (Wildman–Crippen LogP) is 3.55. The number of hydrogen-bond acceptors (Lipinski definition) is 6. The minimum atomic E-state index is -0.755. The van der Waals surface area contributed by atoms with Crippen LogP contribution in [0.4, 0.5) is 5.69 Å². The fourth-order valence-corrected chi connectivity index (χ4v) is 2.80. The van der Waals surface area contributed by atoms with Crippen LogP contribution in [0.1, 0.15) is 54.0 Å². The zero-order valence-corrected chi connectivity index (χ0v) is 18.8. The Morgan fingerprint density at radius 3 is 2.45 bits per heavy atom. The average Bonchev–Trinajstić information content (AvgIpc) is 2.71. The van der Waals surface area contributed by atoms with Gasteiger partial charge in [-0.2, -0.15) is 0 Å². The highest BCUT2D eigenvalue weighted by atomic mass is 16.5. The van der Waals surface area contributed by atoms with E-state index in [2.05, 4.69) is 10.6 Å². The van der Waals surface area contributed by atoms with Crippen LogP contribution in [0, 0.1) is 6.92 Å². The molecule has 0 aliphatic heterocycles. The van der Waals surface area contributed by atoms with Gasteiger partial charge in [-0.15, -0.1) is 0 Å². The number of ether oxygens (including phenoxy) is 2. The van der Waals surface area contributed by atoms with E-state index in [-0.39, 0.29) is 36.0 Å². The molecule has 7 nitrogen and oxygen atoms in total. The first-order chi connectivity index (χ1) is 14.6. The Labute approximate surface area is 183 Å². The molecule has 7 heteroatoms. The average molecular weight is 429 g/mol. The number of amides is 1. The maximum atomic E-state index is 12.6. The van der Waals surface area contributed by atoms with Gasteiger partial charge < -0.3 is 25.2 Å². The Hall–Kier alpha value is -2.90. The fraction of sp³-hybridized carbons (Fsp3) is 0.417. The molecule has 2 rings (SSSR count). The molecule has 0 spiro atoms. The molecule has 0 aliphatic rings. The Balaban J connectivity index is 2.15. The van der Waals surface area contributed by atoms with E-state index in [1.165, 1.54) is 6.07 Å². The number of β-amino-alcohol motifs (C(OH)–C–C–N with tert-alkyl or cyclic N) is 1. The highest BCUT2D eigenvalue weighted by Gasteiger charge is 2.18. The molecule has 0 fully saturated rings. The molecule has 0 heterocycles. The van der Waals surface area contributed by atoms with Crippen molar-refractivity contribution in [1.82, 2.24) is 5.32 Å². The van der Waals surface area contributed by atoms with Crippen LogP contribution in [0.15, 0.2) is 42.5 Å². The molecule has 3 N–H and O–H groups in total. The quantitative estimate of drug-likeness (QED) is 0.529. The van der Waals surface area contributed by atoms with Crippen molar-refractivity contribution in [3.05, 3.63) is 59.2 Å². The van der Waals surface area contributed by atoms with Crippen molar-refractivity contribution in [3.8, 4) is 5.75 Å². The summed E-state index contributed by atoms with van der Waals surface area (Å²) >= 11 is 0. The molecule has 2 aromatic carbocycles. The van der Waals surface area contributed by atoms with Gasteiger partial charge in [0.15, 0.2) is 0 Å². The molecule has 0 saturated heterocycles. The minimum absolute atomic E-state index is 0.00437. The van der Waals surface area contributed by atoms with Crippen LogP contribution in [0.2, 0.25) is 0 Å². The summed E-state index contributed by atoms with van der Waals surface area (Å²) in [4.78, 5) is 25.0. The zero-order chi connectivity index (χ0) is 23.0. The van der Waals surface area contributed by atoms with Gasteiger partial charge in [-0.25, -0.2) is 4.79 Å². The molecule has 0 bridgehead atoms. The van der Waals surface area contributed by atoms with Gasteiger partial charge in [0, 0.05) is 23.3 Å². The molecule has 31 heavy (non-hydrogen) atoms. The minimum Gasteiger partial charge on any atom is -0.490 e. The van der Waals surface area contributed by atoms with Gasteiger partial charge in [0.05, 0.1) is 6.61 Å². The number of carbonyl (C=O) groups is 2. The predicted molar refractivity (Wildman–Crippen MR) is 121 cm³/mol. The second-order valence-electron chi connectivity index (χ2n) is 8.30. The Morgan fingerprint density at radius 2 is 1.81 bits per heavy atom. The van der Waals surface area contributed by atoms with Gasteiger partial charge in [-0.3, -0.25) is 4.79 Å². The van der Waals surface area contributed by atoms with Gasteiger partial charge in [-0.05, 0) is 64.4 Å². The number of aryl methyl sites for hydroxylation is 1. The fourth-order valence-electron chi connectivity index (χ4n) is 2.80. The number of benzene rings is 2. The summed E-state index contributed by atoms with van der Waals surface area (Å²) in [7, 11) is 0. The van der Waals surface area contributed by atoms with Crippen LogP contribution >= 0.6 is 0 Å². The Bertz CT molecular complexity index is 905. The topological polar surface area (TPSA) is 96.9 Å². The van der Waals surface area contributed by atoms with Crippen molar-refractivity contribution < 1.29 is 24.2 Å². The number of rotatable bonds is 9. The van der Waals surface area contributed by atoms with Crippen LogP contribution in [0.25, 0.3) is 0 Å². The van der Waals surface area contributed by atoms with Crippen LogP contribution in [-0.4, -0.2) is 48.4 Å². The summed E-state index contributed by atoms with van der Waals surface area (Å²) in [5.41, 5.74) is 1.89. The van der Waals surface area contributed by atoms with E-state index >= 15 is 0 Å². The second-order valence-corrected chi connectivity index (χ2v) is 8.30. The number of nitrogens with one attached hydrogen (secondary N) is 2. The normalized spacial score (nSPS) is 12.2. The van der Waals surface area contributed by atoms with E-state index in [1.807, 2.05) is 39.8 Å². The molecule has 0 aromatic heterocycles. The first kappa shape index (κ1) is 24.4. The lowest BCUT2D eigenvalue weighted by Crippen LogP contribution is -2.42. The maximum absolute atomic E-state index is 12.6. The SMILES string of the molecule is CCOC(=O)c1cc(NC(=O)c2ccccc2C)ccc1OCC(O)CNC(C)(C)C. The van der Waals surface area contributed by atoms with Gasteiger partial charge in [-0.1, -0.05) is 18.2 Å². The van der Waals surface area contributed by atoms with Gasteiger partial charge in [0.1, 0.15) is 24.0 Å². The van der Waals surface area contributed by atoms with Crippen LogP contribution < -0.4 is 15.4 Å². The summed E-state index contributed by atoms with van der Waals surface area (Å²) in [5, 5.41) is 16.2. The highest BCUT2D eigenvalue weighted by molar-refractivity contribution is 6.06. The number of hydrogen-bond donors (Lipinski definition) is 3. The number of anilines is 1. The van der Waals surface area contributed by atoms with Crippen molar-refractivity contribution in [2.75, 3.05) is 25.1 Å². The summed E-state index contributed by atoms with van der Waals surface area (Å²) in [6.45, 7) is 10.1. The first-order valence-electron chi connectivity index (χ1n) is 10.3. The molecule has 168 valence electrons. The van der Waals surface area contributed by atoms with E-state index in [0.717, 1.165) is 5.56 Å². The van der Waals surface area contributed by atoms with Gasteiger partial charge >= 0.3 is 5.97 Å². The molecular formula is C24H32N2O5. The molecular weight excluding hydrogens is 396 g/mol. The Morgan fingerprint density at radius 1 is 1.10 bits per heavy atom. The standard InChI is InChI=1S/C24H32N2O5/c1-6-30-23(29)20-13-17(26-22(28)19-10-8-7-9-16(19)2)11-12-21(20)31-15-18(27)14-25-24(3,4)5/h7-13,18,25,27H,6,14-15H2,1-5H3,(H,26,28). The smallest absolute Gasteiger partial charge is 0.341 e. The van der Waals surface area contributed by atoms with Crippen LogP contribution in [0.3, 0.4) is 0 Å². The second kappa shape index (κ2) is 10.9. The summed E-state index contributed by atoms with van der Waals surface area (Å²) in [6.07, 6.45) is -0.755. The van der Waals surface area contributed by atoms with E-state index in [0.29, 0.717) is 17.8 Å². The number of aliphatic hydroxyl groups is 1. The molecule has 2 aromatic rings. The molecule has 1 unspecified atom stereocenters. The van der Waals surface area contributed by atoms with Crippen LogP contribution in [-0.2, 0) is 4.74 Å². The van der Waals surface area contributed by atoms with Crippen molar-refractivity contribution >= 4 is 17.6 Å². The van der Waals surface area contributed by atoms with Crippen molar-refractivity contribution in [1.29, 1.82) is 0 Å². The zero-order valence-electron chi connectivity index (χ0n) is 18.8. The molecule has 1 amide bonds. The largest absolute Gasteiger partial charge is 0.490 e. The third-order valence-corrected chi connectivity index (χ3v) is 4.42. The highest BCUT2D eigenvalue weighted by Crippen LogP contribution is 2.25. The van der Waals surface area contributed by atoms with E-state index in [4.69, 9.17) is 9.47 Å². The Kier molecular flexibility index (Phi) is 8.59. The third-order valence-electron chi connectivity index (χ3n) is 4.42. The molecule has 0 saturated carbocycles.